The van der Waals surface area contributed by atoms with Crippen LogP contribution in [0.25, 0.3) is 10.9 Å². The van der Waals surface area contributed by atoms with E-state index >= 15 is 0 Å². The largest absolute Gasteiger partial charge is 0.384 e. The van der Waals surface area contributed by atoms with E-state index in [0.717, 1.165) is 53.3 Å². The van der Waals surface area contributed by atoms with Gasteiger partial charge in [-0.2, -0.15) is 4.98 Å². The Morgan fingerprint density at radius 2 is 1.77 bits per heavy atom. The second kappa shape index (κ2) is 9.62. The average Bonchev–Trinajstić information content (AvgIpc) is 2.73. The van der Waals surface area contributed by atoms with Crippen molar-refractivity contribution in [2.45, 2.75) is 20.3 Å². The van der Waals surface area contributed by atoms with Crippen molar-refractivity contribution in [3.8, 4) is 0 Å². The van der Waals surface area contributed by atoms with Crippen LogP contribution in [0.1, 0.15) is 17.7 Å². The quantitative estimate of drug-likeness (QED) is 0.298. The predicted octanol–water partition coefficient (Wildman–Crippen LogP) is 5.95. The lowest BCUT2D eigenvalue weighted by Crippen LogP contribution is -2.12. The van der Waals surface area contributed by atoms with Gasteiger partial charge < -0.3 is 16.0 Å². The number of rotatable bonds is 8. The summed E-state index contributed by atoms with van der Waals surface area (Å²) in [6, 6.07) is 17.9. The van der Waals surface area contributed by atoms with Crippen molar-refractivity contribution in [3.63, 3.8) is 0 Å². The number of nitrogens with one attached hydrogen (secondary N) is 3. The van der Waals surface area contributed by atoms with E-state index in [-0.39, 0.29) is 0 Å². The topological polar surface area (TPSA) is 74.8 Å². The van der Waals surface area contributed by atoms with Gasteiger partial charge in [-0.05, 0) is 62.2 Å². The Hall–Kier alpha value is -3.38. The van der Waals surface area contributed by atoms with Gasteiger partial charge in [0.15, 0.2) is 0 Å². The molecule has 0 fully saturated rings. The molecule has 2 aromatic carbocycles. The van der Waals surface area contributed by atoms with Gasteiger partial charge in [0.25, 0.3) is 0 Å². The SMILES string of the molecule is Cc1cccc(Nc2cc(C)nc(NCCCNc3ccnc4cc(Cl)ccc34)n2)c1. The minimum Gasteiger partial charge on any atom is -0.384 e. The number of hydrogen-bond acceptors (Lipinski definition) is 6. The van der Waals surface area contributed by atoms with E-state index < -0.39 is 0 Å². The molecule has 3 N–H and O–H groups in total. The van der Waals surface area contributed by atoms with Gasteiger partial charge in [0.1, 0.15) is 5.82 Å². The van der Waals surface area contributed by atoms with Gasteiger partial charge in [-0.15, -0.1) is 0 Å². The number of aryl methyl sites for hydroxylation is 2. The number of fused-ring (bicyclic) bond motifs is 1. The third-order valence-electron chi connectivity index (χ3n) is 4.80. The molecule has 4 aromatic rings. The molecule has 0 saturated heterocycles. The van der Waals surface area contributed by atoms with Crippen LogP contribution in [0, 0.1) is 13.8 Å². The molecule has 6 nitrogen and oxygen atoms in total. The lowest BCUT2D eigenvalue weighted by molar-refractivity contribution is 0.893. The van der Waals surface area contributed by atoms with E-state index in [0.29, 0.717) is 11.0 Å². The summed E-state index contributed by atoms with van der Waals surface area (Å²) in [5.74, 6) is 1.40. The standard InChI is InChI=1S/C24H25ClN6/c1-16-5-3-6-19(13-16)30-23-14-17(2)29-24(31-23)28-11-4-10-26-21-9-12-27-22-15-18(25)7-8-20(21)22/h3,5-9,12-15H,4,10-11H2,1-2H3,(H,26,27)(H2,28,29,30,31). The van der Waals surface area contributed by atoms with Crippen LogP contribution in [0.15, 0.2) is 60.8 Å². The second-order valence-electron chi connectivity index (χ2n) is 7.44. The minimum atomic E-state index is 0.624. The summed E-state index contributed by atoms with van der Waals surface area (Å²) in [6.45, 7) is 5.61. The molecular formula is C24H25ClN6. The molecule has 0 aliphatic carbocycles. The molecule has 31 heavy (non-hydrogen) atoms. The van der Waals surface area contributed by atoms with Crippen molar-refractivity contribution in [1.29, 1.82) is 0 Å². The van der Waals surface area contributed by atoms with E-state index in [9.17, 15) is 0 Å². The lowest BCUT2D eigenvalue weighted by Gasteiger charge is -2.12. The number of hydrogen-bond donors (Lipinski definition) is 3. The molecule has 158 valence electrons. The molecule has 0 aliphatic heterocycles. The molecule has 4 rings (SSSR count). The van der Waals surface area contributed by atoms with Gasteiger partial charge in [-0.1, -0.05) is 23.7 Å². The zero-order valence-electron chi connectivity index (χ0n) is 17.6. The second-order valence-corrected chi connectivity index (χ2v) is 7.88. The number of pyridine rings is 1. The highest BCUT2D eigenvalue weighted by Gasteiger charge is 2.04. The van der Waals surface area contributed by atoms with Crippen molar-refractivity contribution in [2.24, 2.45) is 0 Å². The fourth-order valence-electron chi connectivity index (χ4n) is 3.37. The van der Waals surface area contributed by atoms with E-state index in [1.54, 1.807) is 6.20 Å². The highest BCUT2D eigenvalue weighted by Crippen LogP contribution is 2.24. The smallest absolute Gasteiger partial charge is 0.224 e. The summed E-state index contributed by atoms with van der Waals surface area (Å²) >= 11 is 6.06. The number of anilines is 4. The summed E-state index contributed by atoms with van der Waals surface area (Å²) in [6.07, 6.45) is 2.71. The number of aromatic nitrogens is 3. The first-order valence-electron chi connectivity index (χ1n) is 10.3. The van der Waals surface area contributed by atoms with Crippen LogP contribution < -0.4 is 16.0 Å². The Balaban J connectivity index is 1.31. The summed E-state index contributed by atoms with van der Waals surface area (Å²) < 4.78 is 0. The van der Waals surface area contributed by atoms with Gasteiger partial charge in [0.2, 0.25) is 5.95 Å². The zero-order valence-corrected chi connectivity index (χ0v) is 18.4. The Kier molecular flexibility index (Phi) is 6.48. The van der Waals surface area contributed by atoms with Crippen LogP contribution in [0.3, 0.4) is 0 Å². The maximum Gasteiger partial charge on any atom is 0.224 e. The third kappa shape index (κ3) is 5.61. The van der Waals surface area contributed by atoms with Crippen LogP contribution >= 0.6 is 11.6 Å². The van der Waals surface area contributed by atoms with Crippen molar-refractivity contribution >= 4 is 45.6 Å². The summed E-state index contributed by atoms with van der Waals surface area (Å²) in [5.41, 5.74) is 5.06. The van der Waals surface area contributed by atoms with Gasteiger partial charge >= 0.3 is 0 Å². The molecule has 0 atom stereocenters. The first-order chi connectivity index (χ1) is 15.1. The number of halogens is 1. The van der Waals surface area contributed by atoms with Gasteiger partial charge in [-0.25, -0.2) is 4.98 Å². The number of nitrogens with zero attached hydrogens (tertiary/aromatic N) is 3. The van der Waals surface area contributed by atoms with Crippen LogP contribution in [0.2, 0.25) is 5.02 Å². The zero-order chi connectivity index (χ0) is 21.6. The summed E-state index contributed by atoms with van der Waals surface area (Å²) in [4.78, 5) is 13.5. The van der Waals surface area contributed by atoms with Crippen molar-refractivity contribution in [1.82, 2.24) is 15.0 Å². The Morgan fingerprint density at radius 3 is 2.65 bits per heavy atom. The highest BCUT2D eigenvalue weighted by atomic mass is 35.5. The molecule has 0 unspecified atom stereocenters. The monoisotopic (exact) mass is 432 g/mol. The van der Waals surface area contributed by atoms with Gasteiger partial charge in [0.05, 0.1) is 5.52 Å². The van der Waals surface area contributed by atoms with E-state index in [1.807, 2.05) is 49.4 Å². The summed E-state index contributed by atoms with van der Waals surface area (Å²) in [7, 11) is 0. The lowest BCUT2D eigenvalue weighted by atomic mass is 10.2. The summed E-state index contributed by atoms with van der Waals surface area (Å²) in [5, 5.41) is 11.9. The Labute approximate surface area is 187 Å². The van der Waals surface area contributed by atoms with E-state index in [4.69, 9.17) is 11.6 Å². The molecule has 0 aliphatic rings. The predicted molar refractivity (Wildman–Crippen MR) is 130 cm³/mol. The number of benzene rings is 2. The van der Waals surface area contributed by atoms with Crippen molar-refractivity contribution in [3.05, 3.63) is 77.1 Å². The molecule has 0 spiro atoms. The minimum absolute atomic E-state index is 0.624. The average molecular weight is 433 g/mol. The molecule has 0 bridgehead atoms. The Morgan fingerprint density at radius 1 is 0.903 bits per heavy atom. The maximum absolute atomic E-state index is 6.06. The molecule has 0 amide bonds. The van der Waals surface area contributed by atoms with Gasteiger partial charge in [-0.3, -0.25) is 4.98 Å². The van der Waals surface area contributed by atoms with Crippen LogP contribution in [-0.4, -0.2) is 28.0 Å². The maximum atomic E-state index is 6.06. The van der Waals surface area contributed by atoms with Gasteiger partial charge in [0, 0.05) is 52.8 Å². The fraction of sp³-hybridized carbons (Fsp3) is 0.208. The fourth-order valence-corrected chi connectivity index (χ4v) is 3.54. The van der Waals surface area contributed by atoms with E-state index in [2.05, 4.69) is 50.0 Å². The molecule has 0 radical (unpaired) electrons. The molecule has 2 aromatic heterocycles. The Bertz CT molecular complexity index is 1190. The van der Waals surface area contributed by atoms with Crippen LogP contribution in [-0.2, 0) is 0 Å². The molecule has 0 saturated carbocycles. The normalized spacial score (nSPS) is 10.8. The first-order valence-corrected chi connectivity index (χ1v) is 10.7. The van der Waals surface area contributed by atoms with E-state index in [1.165, 1.54) is 5.56 Å². The highest BCUT2D eigenvalue weighted by molar-refractivity contribution is 6.31. The molecule has 7 heteroatoms. The molecule has 2 heterocycles. The third-order valence-corrected chi connectivity index (χ3v) is 5.04. The molecular weight excluding hydrogens is 408 g/mol. The van der Waals surface area contributed by atoms with Crippen molar-refractivity contribution < 1.29 is 0 Å². The van der Waals surface area contributed by atoms with Crippen LogP contribution in [0.5, 0.6) is 0 Å². The van der Waals surface area contributed by atoms with Crippen molar-refractivity contribution in [2.75, 3.05) is 29.0 Å². The van der Waals surface area contributed by atoms with Crippen LogP contribution in [0.4, 0.5) is 23.1 Å². The first kappa shape index (κ1) is 20.9.